The van der Waals surface area contributed by atoms with Gasteiger partial charge in [-0.3, -0.25) is 0 Å². The molecule has 2 aromatic rings. The van der Waals surface area contributed by atoms with E-state index in [0.29, 0.717) is 5.92 Å². The predicted octanol–water partition coefficient (Wildman–Crippen LogP) is 1.72. The molecular formula is C10H13N5S. The lowest BCUT2D eigenvalue weighted by Gasteiger charge is -2.02. The molecule has 0 radical (unpaired) electrons. The average molecular weight is 235 g/mol. The molecule has 0 spiro atoms. The summed E-state index contributed by atoms with van der Waals surface area (Å²) in [5.41, 5.74) is 0. The van der Waals surface area contributed by atoms with E-state index in [1.807, 2.05) is 17.1 Å². The lowest BCUT2D eigenvalue weighted by molar-refractivity contribution is 0.726. The summed E-state index contributed by atoms with van der Waals surface area (Å²) in [6.45, 7) is 1.76. The Balaban J connectivity index is 1.50. The first-order valence-corrected chi connectivity index (χ1v) is 6.22. The molecule has 1 fully saturated rings. The van der Waals surface area contributed by atoms with Crippen molar-refractivity contribution in [2.45, 2.75) is 25.3 Å². The van der Waals surface area contributed by atoms with Gasteiger partial charge in [0.25, 0.3) is 0 Å². The quantitative estimate of drug-likeness (QED) is 0.857. The van der Waals surface area contributed by atoms with Crippen molar-refractivity contribution in [3.8, 4) is 0 Å². The summed E-state index contributed by atoms with van der Waals surface area (Å²) >= 11 is 1.46. The van der Waals surface area contributed by atoms with Crippen molar-refractivity contribution in [1.29, 1.82) is 0 Å². The Kier molecular flexibility index (Phi) is 2.57. The zero-order valence-corrected chi connectivity index (χ0v) is 9.65. The topological polar surface area (TPSA) is 55.6 Å². The first kappa shape index (κ1) is 9.77. The van der Waals surface area contributed by atoms with Gasteiger partial charge < -0.3 is 9.88 Å². The molecule has 0 amide bonds. The minimum absolute atomic E-state index is 0.639. The number of imidazole rings is 1. The van der Waals surface area contributed by atoms with Crippen LogP contribution in [-0.2, 0) is 6.54 Å². The van der Waals surface area contributed by atoms with Crippen molar-refractivity contribution >= 4 is 16.7 Å². The molecule has 1 saturated carbocycles. The summed E-state index contributed by atoms with van der Waals surface area (Å²) in [7, 11) is 0. The van der Waals surface area contributed by atoms with E-state index >= 15 is 0 Å². The fourth-order valence-electron chi connectivity index (χ4n) is 1.52. The average Bonchev–Trinajstić information content (AvgIpc) is 2.83. The number of anilines is 1. The number of rotatable bonds is 5. The van der Waals surface area contributed by atoms with Crippen LogP contribution >= 0.6 is 11.5 Å². The largest absolute Gasteiger partial charge is 0.358 e. The number of hydrogen-bond donors (Lipinski definition) is 1. The van der Waals surface area contributed by atoms with Crippen molar-refractivity contribution < 1.29 is 0 Å². The first-order valence-electron chi connectivity index (χ1n) is 5.45. The van der Waals surface area contributed by atoms with Crippen LogP contribution < -0.4 is 5.32 Å². The summed E-state index contributed by atoms with van der Waals surface area (Å²) in [5.74, 6) is 1.66. The van der Waals surface area contributed by atoms with Gasteiger partial charge >= 0.3 is 0 Å². The van der Waals surface area contributed by atoms with Gasteiger partial charge in [-0.2, -0.15) is 4.37 Å². The summed E-state index contributed by atoms with van der Waals surface area (Å²) in [6, 6.07) is 0. The maximum absolute atomic E-state index is 4.46. The van der Waals surface area contributed by atoms with Crippen LogP contribution in [0, 0.1) is 0 Å². The molecule has 6 heteroatoms. The molecule has 2 aromatic heterocycles. The molecule has 2 heterocycles. The lowest BCUT2D eigenvalue weighted by Crippen LogP contribution is -2.08. The van der Waals surface area contributed by atoms with Crippen molar-refractivity contribution in [2.24, 2.45) is 0 Å². The van der Waals surface area contributed by atoms with Crippen LogP contribution in [0.3, 0.4) is 0 Å². The van der Waals surface area contributed by atoms with Gasteiger partial charge in [0.15, 0.2) is 0 Å². The molecule has 16 heavy (non-hydrogen) atoms. The van der Waals surface area contributed by atoms with E-state index in [1.54, 1.807) is 6.20 Å². The number of aromatic nitrogens is 4. The Labute approximate surface area is 97.7 Å². The molecule has 0 atom stereocenters. The van der Waals surface area contributed by atoms with Crippen LogP contribution in [0.2, 0.25) is 0 Å². The second kappa shape index (κ2) is 4.21. The summed E-state index contributed by atoms with van der Waals surface area (Å²) in [6.07, 6.45) is 8.07. The van der Waals surface area contributed by atoms with Crippen molar-refractivity contribution in [2.75, 3.05) is 11.9 Å². The third kappa shape index (κ3) is 2.21. The molecule has 3 rings (SSSR count). The monoisotopic (exact) mass is 235 g/mol. The molecule has 5 nitrogen and oxygen atoms in total. The van der Waals surface area contributed by atoms with Crippen molar-refractivity contribution in [3.63, 3.8) is 0 Å². The maximum Gasteiger partial charge on any atom is 0.202 e. The molecule has 1 aliphatic rings. The number of hydrogen-bond acceptors (Lipinski definition) is 5. The molecule has 0 unspecified atom stereocenters. The van der Waals surface area contributed by atoms with Crippen molar-refractivity contribution in [1.82, 2.24) is 18.9 Å². The van der Waals surface area contributed by atoms with Crippen LogP contribution in [0.15, 0.2) is 18.7 Å². The highest BCUT2D eigenvalue weighted by Gasteiger charge is 2.27. The lowest BCUT2D eigenvalue weighted by atomic mass is 10.4. The number of nitrogens with one attached hydrogen (secondary N) is 1. The van der Waals surface area contributed by atoms with Crippen LogP contribution in [0.4, 0.5) is 5.13 Å². The smallest absolute Gasteiger partial charge is 0.202 e. The van der Waals surface area contributed by atoms with Crippen LogP contribution in [-0.4, -0.2) is 25.5 Å². The molecule has 84 valence electrons. The van der Waals surface area contributed by atoms with Gasteiger partial charge in [0.2, 0.25) is 5.13 Å². The number of nitrogens with zero attached hydrogens (tertiary/aromatic N) is 4. The minimum Gasteiger partial charge on any atom is -0.358 e. The molecular weight excluding hydrogens is 222 g/mol. The normalized spacial score (nSPS) is 15.2. The highest BCUT2D eigenvalue weighted by Crippen LogP contribution is 2.39. The van der Waals surface area contributed by atoms with Crippen LogP contribution in [0.25, 0.3) is 0 Å². The van der Waals surface area contributed by atoms with Crippen LogP contribution in [0.1, 0.15) is 24.6 Å². The van der Waals surface area contributed by atoms with Gasteiger partial charge in [0, 0.05) is 42.9 Å². The molecule has 0 bridgehead atoms. The minimum atomic E-state index is 0.639. The van der Waals surface area contributed by atoms with E-state index in [-0.39, 0.29) is 0 Å². The summed E-state index contributed by atoms with van der Waals surface area (Å²) in [5, 5.41) is 4.21. The third-order valence-corrected chi connectivity index (χ3v) is 3.28. The molecule has 0 saturated heterocycles. The van der Waals surface area contributed by atoms with Gasteiger partial charge in [-0.15, -0.1) is 0 Å². The standard InChI is InChI=1S/C10H13N5S/c1-2-8(1)9-13-10(16-14-9)12-4-6-15-5-3-11-7-15/h3,5,7-8H,1-2,4,6H2,(H,12,13,14). The Morgan fingerprint density at radius 1 is 1.50 bits per heavy atom. The summed E-state index contributed by atoms with van der Waals surface area (Å²) < 4.78 is 6.38. The second-order valence-electron chi connectivity index (χ2n) is 3.96. The Morgan fingerprint density at radius 2 is 2.44 bits per heavy atom. The Bertz CT molecular complexity index is 445. The maximum atomic E-state index is 4.46. The zero-order valence-electron chi connectivity index (χ0n) is 8.83. The van der Waals surface area contributed by atoms with Crippen molar-refractivity contribution in [3.05, 3.63) is 24.5 Å². The Hall–Kier alpha value is -1.43. The van der Waals surface area contributed by atoms with Gasteiger partial charge in [-0.05, 0) is 12.8 Å². The highest BCUT2D eigenvalue weighted by atomic mass is 32.1. The van der Waals surface area contributed by atoms with Gasteiger partial charge in [0.1, 0.15) is 5.82 Å². The molecule has 1 N–H and O–H groups in total. The molecule has 0 aliphatic heterocycles. The fraction of sp³-hybridized carbons (Fsp3) is 0.500. The third-order valence-electron chi connectivity index (χ3n) is 2.59. The van der Waals surface area contributed by atoms with E-state index < -0.39 is 0 Å². The van der Waals surface area contributed by atoms with E-state index in [2.05, 4.69) is 19.7 Å². The predicted molar refractivity (Wildman–Crippen MR) is 62.6 cm³/mol. The second-order valence-corrected chi connectivity index (χ2v) is 4.71. The van der Waals surface area contributed by atoms with Gasteiger partial charge in [0.05, 0.1) is 6.33 Å². The fourth-order valence-corrected chi connectivity index (χ4v) is 2.20. The van der Waals surface area contributed by atoms with Gasteiger partial charge in [-0.1, -0.05) is 0 Å². The highest BCUT2D eigenvalue weighted by molar-refractivity contribution is 7.09. The molecule has 1 aliphatic carbocycles. The van der Waals surface area contributed by atoms with E-state index in [1.165, 1.54) is 24.4 Å². The van der Waals surface area contributed by atoms with Crippen LogP contribution in [0.5, 0.6) is 0 Å². The van der Waals surface area contributed by atoms with E-state index in [0.717, 1.165) is 24.0 Å². The zero-order chi connectivity index (χ0) is 10.8. The van der Waals surface area contributed by atoms with E-state index in [9.17, 15) is 0 Å². The SMILES string of the molecule is c1cn(CCNc2nc(C3CC3)ns2)cn1. The van der Waals surface area contributed by atoms with E-state index in [4.69, 9.17) is 0 Å². The Morgan fingerprint density at radius 3 is 3.19 bits per heavy atom. The van der Waals surface area contributed by atoms with Gasteiger partial charge in [-0.25, -0.2) is 9.97 Å². The first-order chi connectivity index (χ1) is 7.92. The molecule has 0 aromatic carbocycles. The summed E-state index contributed by atoms with van der Waals surface area (Å²) in [4.78, 5) is 8.46.